The number of para-hydroxylation sites is 1. The van der Waals surface area contributed by atoms with Gasteiger partial charge in [-0.15, -0.1) is 0 Å². The molecular weight excluding hydrogens is 382 g/mol. The van der Waals surface area contributed by atoms with Crippen LogP contribution in [-0.2, 0) is 14.3 Å². The monoisotopic (exact) mass is 412 g/mol. The van der Waals surface area contributed by atoms with Gasteiger partial charge in [0.25, 0.3) is 11.8 Å². The fraction of sp³-hybridized carbons (Fsp3) is 0.348. The molecule has 30 heavy (non-hydrogen) atoms. The minimum absolute atomic E-state index is 0.126. The Morgan fingerprint density at radius 1 is 0.900 bits per heavy atom. The van der Waals surface area contributed by atoms with Crippen molar-refractivity contribution in [1.29, 1.82) is 0 Å². The number of carbonyl (C=O) groups excluding carboxylic acids is 3. The predicted octanol–water partition coefficient (Wildman–Crippen LogP) is 2.04. The Bertz CT molecular complexity index is 865. The van der Waals surface area contributed by atoms with Crippen molar-refractivity contribution in [1.82, 2.24) is 0 Å². The maximum atomic E-state index is 12.5. The number of hydrogen-bond acceptors (Lipinski definition) is 4. The van der Waals surface area contributed by atoms with Crippen LogP contribution in [0.1, 0.15) is 36.2 Å². The highest BCUT2D eigenvalue weighted by Crippen LogP contribution is 2.12. The average Bonchev–Trinajstić information content (AvgIpc) is 2.70. The first-order valence-electron chi connectivity index (χ1n) is 10.2. The Hall–Kier alpha value is -3.19. The van der Waals surface area contributed by atoms with Crippen molar-refractivity contribution in [3.8, 4) is 0 Å². The summed E-state index contributed by atoms with van der Waals surface area (Å²) in [6.07, 6.45) is 0.856. The summed E-state index contributed by atoms with van der Waals surface area (Å²) in [5, 5.41) is 5.73. The molecule has 0 spiro atoms. The lowest BCUT2D eigenvalue weighted by Crippen LogP contribution is -3.14. The van der Waals surface area contributed by atoms with Crippen molar-refractivity contribution in [3.63, 3.8) is 0 Å². The van der Waals surface area contributed by atoms with Crippen molar-refractivity contribution < 1.29 is 24.0 Å². The molecule has 2 aromatic rings. The Morgan fingerprint density at radius 3 is 2.13 bits per heavy atom. The van der Waals surface area contributed by atoms with E-state index < -0.39 is 5.97 Å². The maximum absolute atomic E-state index is 12.5. The molecule has 3 N–H and O–H groups in total. The zero-order valence-electron chi connectivity index (χ0n) is 17.8. The summed E-state index contributed by atoms with van der Waals surface area (Å²) in [5.41, 5.74) is 2.80. The van der Waals surface area contributed by atoms with E-state index in [2.05, 4.69) is 10.6 Å². The zero-order chi connectivity index (χ0) is 21.9. The normalized spacial score (nSPS) is 11.4. The number of amides is 2. The molecule has 0 heterocycles. The molecule has 0 saturated carbocycles. The molecule has 2 aromatic carbocycles. The van der Waals surface area contributed by atoms with E-state index in [0.717, 1.165) is 22.6 Å². The van der Waals surface area contributed by atoms with Crippen molar-refractivity contribution in [2.45, 2.75) is 27.2 Å². The lowest BCUT2D eigenvalue weighted by molar-refractivity contribution is -0.883. The second-order valence-electron chi connectivity index (χ2n) is 7.06. The molecule has 7 heteroatoms. The molecule has 1 atom stereocenters. The van der Waals surface area contributed by atoms with E-state index in [1.807, 2.05) is 38.1 Å². The Kier molecular flexibility index (Phi) is 9.03. The highest BCUT2D eigenvalue weighted by Gasteiger charge is 2.18. The lowest BCUT2D eigenvalue weighted by Gasteiger charge is -2.18. The van der Waals surface area contributed by atoms with Gasteiger partial charge in [-0.25, -0.2) is 4.79 Å². The minimum Gasteiger partial charge on any atom is -0.462 e. The van der Waals surface area contributed by atoms with Crippen molar-refractivity contribution in [2.75, 3.05) is 36.9 Å². The van der Waals surface area contributed by atoms with Crippen LogP contribution in [0, 0.1) is 6.92 Å². The maximum Gasteiger partial charge on any atom is 0.338 e. The second-order valence-corrected chi connectivity index (χ2v) is 7.06. The SMILES string of the molecule is CCC[NH+](CC(=O)Nc1ccc(C(=O)OCC)cc1)CC(=O)Nc1ccccc1C. The molecule has 0 radical (unpaired) electrons. The van der Waals surface area contributed by atoms with Gasteiger partial charge in [0.1, 0.15) is 0 Å². The van der Waals surface area contributed by atoms with Crippen LogP contribution < -0.4 is 15.5 Å². The van der Waals surface area contributed by atoms with E-state index in [1.54, 1.807) is 31.2 Å². The number of ether oxygens (including phenoxy) is 1. The third-order valence-electron chi connectivity index (χ3n) is 4.52. The molecule has 1 unspecified atom stereocenters. The first kappa shape index (κ1) is 23.1. The number of quaternary nitrogens is 1. The van der Waals surface area contributed by atoms with E-state index in [4.69, 9.17) is 4.74 Å². The summed E-state index contributed by atoms with van der Waals surface area (Å²) < 4.78 is 4.95. The molecular formula is C23H30N3O4+. The van der Waals surface area contributed by atoms with Gasteiger partial charge in [-0.3, -0.25) is 9.59 Å². The number of rotatable bonds is 10. The minimum atomic E-state index is -0.395. The first-order valence-corrected chi connectivity index (χ1v) is 10.2. The van der Waals surface area contributed by atoms with Crippen LogP contribution in [0.3, 0.4) is 0 Å². The fourth-order valence-corrected chi connectivity index (χ4v) is 3.06. The van der Waals surface area contributed by atoms with E-state index >= 15 is 0 Å². The lowest BCUT2D eigenvalue weighted by atomic mass is 10.2. The van der Waals surface area contributed by atoms with Crippen LogP contribution in [-0.4, -0.2) is 44.0 Å². The van der Waals surface area contributed by atoms with Crippen molar-refractivity contribution >= 4 is 29.2 Å². The van der Waals surface area contributed by atoms with Gasteiger partial charge in [-0.1, -0.05) is 25.1 Å². The molecule has 0 bridgehead atoms. The molecule has 0 aromatic heterocycles. The number of aryl methyl sites for hydroxylation is 1. The van der Waals surface area contributed by atoms with E-state index in [9.17, 15) is 14.4 Å². The molecule has 2 amide bonds. The molecule has 0 fully saturated rings. The number of anilines is 2. The van der Waals surface area contributed by atoms with E-state index in [-0.39, 0.29) is 24.9 Å². The number of esters is 1. The first-order chi connectivity index (χ1) is 14.4. The van der Waals surface area contributed by atoms with Crippen molar-refractivity contribution in [3.05, 3.63) is 59.7 Å². The molecule has 7 nitrogen and oxygen atoms in total. The largest absolute Gasteiger partial charge is 0.462 e. The topological polar surface area (TPSA) is 88.9 Å². The van der Waals surface area contributed by atoms with Crippen molar-refractivity contribution in [2.24, 2.45) is 0 Å². The van der Waals surface area contributed by atoms with Gasteiger partial charge in [0, 0.05) is 11.4 Å². The summed E-state index contributed by atoms with van der Waals surface area (Å²) in [5.74, 6) is -0.709. The smallest absolute Gasteiger partial charge is 0.338 e. The van der Waals surface area contributed by atoms with Crippen LogP contribution >= 0.6 is 0 Å². The third kappa shape index (κ3) is 7.33. The fourth-order valence-electron chi connectivity index (χ4n) is 3.06. The standard InChI is InChI=1S/C23H29N3O4/c1-4-14-26(16-22(28)25-20-9-7-6-8-17(20)3)15-21(27)24-19-12-10-18(11-13-19)23(29)30-5-2/h6-13H,4-5,14-16H2,1-3H3,(H,24,27)(H,25,28)/p+1. The van der Waals surface area contributed by atoms with Gasteiger partial charge in [-0.05, 0) is 56.2 Å². The number of hydrogen-bond donors (Lipinski definition) is 3. The number of benzene rings is 2. The highest BCUT2D eigenvalue weighted by atomic mass is 16.5. The van der Waals surface area contributed by atoms with Crippen LogP contribution in [0.25, 0.3) is 0 Å². The summed E-state index contributed by atoms with van der Waals surface area (Å²) >= 11 is 0. The van der Waals surface area contributed by atoms with E-state index in [1.165, 1.54) is 0 Å². The molecule has 2 rings (SSSR count). The predicted molar refractivity (Wildman–Crippen MR) is 117 cm³/mol. The number of carbonyl (C=O) groups is 3. The van der Waals surface area contributed by atoms with Crippen LogP contribution in [0.2, 0.25) is 0 Å². The summed E-state index contributed by atoms with van der Waals surface area (Å²) in [6, 6.07) is 14.1. The number of nitrogens with one attached hydrogen (secondary N) is 3. The van der Waals surface area contributed by atoms with Crippen LogP contribution in [0.4, 0.5) is 11.4 Å². The zero-order valence-corrected chi connectivity index (χ0v) is 17.8. The molecule has 0 aliphatic heterocycles. The van der Waals surface area contributed by atoms with Gasteiger partial charge in [0.2, 0.25) is 0 Å². The van der Waals surface area contributed by atoms with Gasteiger partial charge >= 0.3 is 5.97 Å². The van der Waals surface area contributed by atoms with E-state index in [0.29, 0.717) is 24.4 Å². The molecule has 0 aliphatic carbocycles. The summed E-state index contributed by atoms with van der Waals surface area (Å²) in [6.45, 7) is 7.10. The molecule has 160 valence electrons. The van der Waals surface area contributed by atoms with Gasteiger partial charge in [0.05, 0.1) is 18.7 Å². The second kappa shape index (κ2) is 11.7. The Morgan fingerprint density at radius 2 is 1.53 bits per heavy atom. The average molecular weight is 413 g/mol. The summed E-state index contributed by atoms with van der Waals surface area (Å²) in [4.78, 5) is 37.5. The third-order valence-corrected chi connectivity index (χ3v) is 4.52. The van der Waals surface area contributed by atoms with Gasteiger partial charge < -0.3 is 20.3 Å². The van der Waals surface area contributed by atoms with Crippen LogP contribution in [0.15, 0.2) is 48.5 Å². The Labute approximate surface area is 177 Å². The quantitative estimate of drug-likeness (QED) is 0.521. The van der Waals surface area contributed by atoms with Gasteiger partial charge in [-0.2, -0.15) is 0 Å². The molecule has 0 aliphatic rings. The van der Waals surface area contributed by atoms with Crippen LogP contribution in [0.5, 0.6) is 0 Å². The molecule has 0 saturated heterocycles. The highest BCUT2D eigenvalue weighted by molar-refractivity contribution is 5.94. The van der Waals surface area contributed by atoms with Gasteiger partial charge in [0.15, 0.2) is 13.1 Å². The Balaban J connectivity index is 1.90. The summed E-state index contributed by atoms with van der Waals surface area (Å²) in [7, 11) is 0.